The van der Waals surface area contributed by atoms with E-state index in [4.69, 9.17) is 9.47 Å². The third-order valence-corrected chi connectivity index (χ3v) is 3.67. The fourth-order valence-corrected chi connectivity index (χ4v) is 2.35. The minimum atomic E-state index is -0.585. The smallest absolute Gasteiger partial charge is 0.326 e. The van der Waals surface area contributed by atoms with Gasteiger partial charge in [-0.05, 0) is 41.8 Å². The van der Waals surface area contributed by atoms with Crippen molar-refractivity contribution in [3.8, 4) is 11.5 Å². The third kappa shape index (κ3) is 3.48. The molecule has 0 aliphatic carbocycles. The van der Waals surface area contributed by atoms with E-state index < -0.39 is 11.9 Å². The molecule has 0 fully saturated rings. The maximum absolute atomic E-state index is 12.2. The fraction of sp³-hybridized carbons (Fsp3) is 0.222. The maximum atomic E-state index is 12.2. The van der Waals surface area contributed by atoms with Crippen LogP contribution in [0.4, 0.5) is 10.5 Å². The monoisotopic (exact) mass is 326 g/mol. The lowest BCUT2D eigenvalue weighted by Crippen LogP contribution is -2.34. The van der Waals surface area contributed by atoms with Gasteiger partial charge in [-0.2, -0.15) is 0 Å². The molecule has 0 spiro atoms. The van der Waals surface area contributed by atoms with E-state index in [2.05, 4.69) is 24.5 Å². The van der Waals surface area contributed by atoms with Gasteiger partial charge >= 0.3 is 6.03 Å². The van der Waals surface area contributed by atoms with Crippen LogP contribution < -0.4 is 20.1 Å². The van der Waals surface area contributed by atoms with Crippen molar-refractivity contribution >= 4 is 17.6 Å². The van der Waals surface area contributed by atoms with E-state index in [1.165, 1.54) is 0 Å². The molecule has 6 nitrogen and oxygen atoms in total. The first-order chi connectivity index (χ1) is 11.5. The number of urea groups is 1. The Kier molecular flexibility index (Phi) is 4.37. The van der Waals surface area contributed by atoms with Crippen molar-refractivity contribution in [1.29, 1.82) is 0 Å². The van der Waals surface area contributed by atoms with Crippen LogP contribution >= 0.6 is 0 Å². The number of ether oxygens (including phenoxy) is 2. The van der Waals surface area contributed by atoms with Gasteiger partial charge in [0.1, 0.15) is 0 Å². The number of hydrogen-bond donors (Lipinski definition) is 2. The molecule has 0 saturated heterocycles. The third-order valence-electron chi connectivity index (χ3n) is 3.67. The molecule has 0 bridgehead atoms. The predicted molar refractivity (Wildman–Crippen MR) is 89.6 cm³/mol. The quantitative estimate of drug-likeness (QED) is 0.905. The topological polar surface area (TPSA) is 76.7 Å². The summed E-state index contributed by atoms with van der Waals surface area (Å²) in [4.78, 5) is 24.2. The highest BCUT2D eigenvalue weighted by Gasteiger charge is 2.17. The zero-order valence-corrected chi connectivity index (χ0v) is 13.5. The molecule has 3 rings (SSSR count). The van der Waals surface area contributed by atoms with Crippen molar-refractivity contribution in [3.63, 3.8) is 0 Å². The van der Waals surface area contributed by atoms with Gasteiger partial charge in [-0.15, -0.1) is 0 Å². The van der Waals surface area contributed by atoms with Crippen LogP contribution in [0.25, 0.3) is 0 Å². The van der Waals surface area contributed by atoms with Gasteiger partial charge in [0.2, 0.25) is 6.79 Å². The first-order valence-electron chi connectivity index (χ1n) is 7.65. The molecule has 0 aromatic heterocycles. The molecule has 0 unspecified atom stereocenters. The van der Waals surface area contributed by atoms with E-state index in [1.54, 1.807) is 24.3 Å². The second-order valence-corrected chi connectivity index (χ2v) is 5.76. The molecule has 2 aromatic rings. The number of benzene rings is 2. The van der Waals surface area contributed by atoms with Crippen LogP contribution in [0.5, 0.6) is 11.5 Å². The Labute approximate surface area is 139 Å². The summed E-state index contributed by atoms with van der Waals surface area (Å²) in [6.45, 7) is 4.28. The lowest BCUT2D eigenvalue weighted by atomic mass is 10.0. The number of imide groups is 1. The number of carbonyl (C=O) groups excluding carboxylic acids is 2. The van der Waals surface area contributed by atoms with Gasteiger partial charge < -0.3 is 14.8 Å². The Hall–Kier alpha value is -3.02. The van der Waals surface area contributed by atoms with Gasteiger partial charge in [0, 0.05) is 11.3 Å². The Morgan fingerprint density at radius 2 is 1.83 bits per heavy atom. The molecule has 3 amide bonds. The zero-order valence-electron chi connectivity index (χ0n) is 13.5. The Morgan fingerprint density at radius 1 is 1.04 bits per heavy atom. The molecule has 6 heteroatoms. The largest absolute Gasteiger partial charge is 0.454 e. The van der Waals surface area contributed by atoms with Crippen LogP contribution in [0, 0.1) is 0 Å². The average molecular weight is 326 g/mol. The molecule has 124 valence electrons. The van der Waals surface area contributed by atoms with Crippen LogP contribution in [0.15, 0.2) is 42.5 Å². The molecule has 24 heavy (non-hydrogen) atoms. The van der Waals surface area contributed by atoms with Crippen molar-refractivity contribution in [2.24, 2.45) is 0 Å². The molecule has 1 heterocycles. The average Bonchev–Trinajstić information content (AvgIpc) is 3.02. The number of rotatable bonds is 3. The van der Waals surface area contributed by atoms with Gasteiger partial charge in [-0.1, -0.05) is 26.0 Å². The molecule has 2 aromatic carbocycles. The van der Waals surface area contributed by atoms with E-state index >= 15 is 0 Å². The standard InChI is InChI=1S/C18H18N2O4/c1-11(2)12-4-3-5-14(8-12)19-18(22)20-17(21)13-6-7-15-16(9-13)24-10-23-15/h3-9,11H,10H2,1-2H3,(H2,19,20,21,22). The Morgan fingerprint density at radius 3 is 2.62 bits per heavy atom. The summed E-state index contributed by atoms with van der Waals surface area (Å²) in [5.41, 5.74) is 2.07. The van der Waals surface area contributed by atoms with E-state index in [9.17, 15) is 9.59 Å². The SMILES string of the molecule is CC(C)c1cccc(NC(=O)NC(=O)c2ccc3c(c2)OCO3)c1. The van der Waals surface area contributed by atoms with Crippen LogP contribution in [0.3, 0.4) is 0 Å². The van der Waals surface area contributed by atoms with Gasteiger partial charge in [0.05, 0.1) is 0 Å². The van der Waals surface area contributed by atoms with Gasteiger partial charge in [0.25, 0.3) is 5.91 Å². The number of carbonyl (C=O) groups is 2. The summed E-state index contributed by atoms with van der Waals surface area (Å²) < 4.78 is 10.4. The molecule has 1 aliphatic rings. The van der Waals surface area contributed by atoms with Gasteiger partial charge in [-0.25, -0.2) is 4.79 Å². The second-order valence-electron chi connectivity index (χ2n) is 5.76. The maximum Gasteiger partial charge on any atom is 0.326 e. The summed E-state index contributed by atoms with van der Waals surface area (Å²) in [7, 11) is 0. The van der Waals surface area contributed by atoms with E-state index in [-0.39, 0.29) is 6.79 Å². The summed E-state index contributed by atoms with van der Waals surface area (Å²) in [6.07, 6.45) is 0. The van der Waals surface area contributed by atoms with E-state index in [0.29, 0.717) is 28.7 Å². The normalized spacial score (nSPS) is 12.1. The Balaban J connectivity index is 1.64. The van der Waals surface area contributed by atoms with Crippen molar-refractivity contribution in [1.82, 2.24) is 5.32 Å². The van der Waals surface area contributed by atoms with E-state index in [1.807, 2.05) is 18.2 Å². The molecular formula is C18H18N2O4. The van der Waals surface area contributed by atoms with Crippen molar-refractivity contribution in [2.45, 2.75) is 19.8 Å². The first kappa shape index (κ1) is 15.9. The van der Waals surface area contributed by atoms with Crippen LogP contribution in [0.2, 0.25) is 0 Å². The van der Waals surface area contributed by atoms with E-state index in [0.717, 1.165) is 5.56 Å². The van der Waals surface area contributed by atoms with Crippen molar-refractivity contribution in [3.05, 3.63) is 53.6 Å². The highest BCUT2D eigenvalue weighted by atomic mass is 16.7. The summed E-state index contributed by atoms with van der Waals surface area (Å²) in [5.74, 6) is 0.921. The van der Waals surface area contributed by atoms with Crippen molar-refractivity contribution in [2.75, 3.05) is 12.1 Å². The highest BCUT2D eigenvalue weighted by Crippen LogP contribution is 2.32. The predicted octanol–water partition coefficient (Wildman–Crippen LogP) is 3.50. The number of nitrogens with one attached hydrogen (secondary N) is 2. The highest BCUT2D eigenvalue weighted by molar-refractivity contribution is 6.08. The summed E-state index contributed by atoms with van der Waals surface area (Å²) in [6, 6.07) is 11.7. The molecule has 0 atom stereocenters. The molecule has 2 N–H and O–H groups in total. The summed E-state index contributed by atoms with van der Waals surface area (Å²) >= 11 is 0. The van der Waals surface area contributed by atoms with Crippen LogP contribution in [-0.2, 0) is 0 Å². The van der Waals surface area contributed by atoms with Gasteiger partial charge in [-0.3, -0.25) is 10.1 Å². The molecule has 0 saturated carbocycles. The number of hydrogen-bond acceptors (Lipinski definition) is 4. The lowest BCUT2D eigenvalue weighted by Gasteiger charge is -2.10. The first-order valence-corrected chi connectivity index (χ1v) is 7.65. The lowest BCUT2D eigenvalue weighted by molar-refractivity contribution is 0.0966. The number of anilines is 1. The van der Waals surface area contributed by atoms with Crippen LogP contribution in [-0.4, -0.2) is 18.7 Å². The fourth-order valence-electron chi connectivity index (χ4n) is 2.35. The minimum absolute atomic E-state index is 0.132. The molecule has 0 radical (unpaired) electrons. The van der Waals surface area contributed by atoms with Crippen molar-refractivity contribution < 1.29 is 19.1 Å². The molecular weight excluding hydrogens is 308 g/mol. The summed E-state index contributed by atoms with van der Waals surface area (Å²) in [5, 5.41) is 4.96. The second kappa shape index (κ2) is 6.62. The van der Waals surface area contributed by atoms with Crippen LogP contribution in [0.1, 0.15) is 35.7 Å². The minimum Gasteiger partial charge on any atom is -0.454 e. The number of fused-ring (bicyclic) bond motifs is 1. The zero-order chi connectivity index (χ0) is 17.1. The number of amides is 3. The Bertz CT molecular complexity index is 786. The molecule has 1 aliphatic heterocycles. The van der Waals surface area contributed by atoms with Gasteiger partial charge in [0.15, 0.2) is 11.5 Å².